The van der Waals surface area contributed by atoms with Crippen LogP contribution >= 0.6 is 0 Å². The SMILES string of the molecule is CC1(C)c2cc(-c3ccc(N)cc3)ccc2-c2c1ccc1ccccc21. The van der Waals surface area contributed by atoms with Crippen LogP contribution < -0.4 is 5.73 Å². The van der Waals surface area contributed by atoms with Crippen molar-refractivity contribution in [1.29, 1.82) is 0 Å². The van der Waals surface area contributed by atoms with Crippen molar-refractivity contribution in [3.8, 4) is 22.3 Å². The van der Waals surface area contributed by atoms with Crippen LogP contribution in [0.1, 0.15) is 25.0 Å². The molecule has 4 aromatic carbocycles. The highest BCUT2D eigenvalue weighted by Crippen LogP contribution is 2.51. The fraction of sp³-hybridized carbons (Fsp3) is 0.120. The summed E-state index contributed by atoms with van der Waals surface area (Å²) in [5, 5.41) is 2.65. The number of fused-ring (bicyclic) bond motifs is 5. The van der Waals surface area contributed by atoms with Crippen LogP contribution in [-0.4, -0.2) is 0 Å². The number of anilines is 1. The smallest absolute Gasteiger partial charge is 0.0314 e. The number of nitrogen functional groups attached to an aromatic ring is 1. The lowest BCUT2D eigenvalue weighted by atomic mass is 9.81. The number of benzene rings is 4. The Morgan fingerprint density at radius 1 is 0.692 bits per heavy atom. The van der Waals surface area contributed by atoms with Crippen molar-refractivity contribution in [3.05, 3.63) is 90.0 Å². The summed E-state index contributed by atoms with van der Waals surface area (Å²) in [4.78, 5) is 0. The van der Waals surface area contributed by atoms with Gasteiger partial charge in [0, 0.05) is 11.1 Å². The second-order valence-electron chi connectivity index (χ2n) is 7.72. The van der Waals surface area contributed by atoms with E-state index in [1.54, 1.807) is 0 Å². The molecule has 1 aliphatic rings. The first kappa shape index (κ1) is 15.2. The first-order valence-corrected chi connectivity index (χ1v) is 9.09. The maximum Gasteiger partial charge on any atom is 0.0314 e. The van der Waals surface area contributed by atoms with Crippen LogP contribution in [-0.2, 0) is 5.41 Å². The van der Waals surface area contributed by atoms with Gasteiger partial charge in [-0.1, -0.05) is 74.5 Å². The van der Waals surface area contributed by atoms with Crippen LogP contribution in [0.25, 0.3) is 33.0 Å². The van der Waals surface area contributed by atoms with Crippen LogP contribution in [0.4, 0.5) is 5.69 Å². The minimum Gasteiger partial charge on any atom is -0.399 e. The molecule has 0 aromatic heterocycles. The molecule has 0 fully saturated rings. The average Bonchev–Trinajstić information content (AvgIpc) is 2.90. The molecule has 5 rings (SSSR count). The van der Waals surface area contributed by atoms with E-state index < -0.39 is 0 Å². The molecule has 0 saturated carbocycles. The van der Waals surface area contributed by atoms with Gasteiger partial charge in [0.05, 0.1) is 0 Å². The number of rotatable bonds is 1. The van der Waals surface area contributed by atoms with Gasteiger partial charge < -0.3 is 5.73 Å². The van der Waals surface area contributed by atoms with Gasteiger partial charge >= 0.3 is 0 Å². The maximum absolute atomic E-state index is 5.85. The van der Waals surface area contributed by atoms with Crippen molar-refractivity contribution in [2.75, 3.05) is 5.73 Å². The molecule has 1 aliphatic carbocycles. The van der Waals surface area contributed by atoms with Gasteiger partial charge in [-0.3, -0.25) is 0 Å². The molecule has 0 atom stereocenters. The van der Waals surface area contributed by atoms with Gasteiger partial charge in [-0.25, -0.2) is 0 Å². The Balaban J connectivity index is 1.77. The molecule has 0 saturated heterocycles. The number of nitrogens with two attached hydrogens (primary N) is 1. The zero-order valence-electron chi connectivity index (χ0n) is 15.1. The molecule has 0 radical (unpaired) electrons. The second kappa shape index (κ2) is 5.22. The van der Waals surface area contributed by atoms with Crippen molar-refractivity contribution in [2.24, 2.45) is 0 Å². The zero-order chi connectivity index (χ0) is 17.9. The van der Waals surface area contributed by atoms with Crippen LogP contribution in [0.15, 0.2) is 78.9 Å². The lowest BCUT2D eigenvalue weighted by Crippen LogP contribution is -2.15. The van der Waals surface area contributed by atoms with Crippen LogP contribution in [0.2, 0.25) is 0 Å². The highest BCUT2D eigenvalue weighted by atomic mass is 14.5. The van der Waals surface area contributed by atoms with Crippen LogP contribution in [0.3, 0.4) is 0 Å². The van der Waals surface area contributed by atoms with Crippen molar-refractivity contribution < 1.29 is 0 Å². The van der Waals surface area contributed by atoms with Crippen molar-refractivity contribution in [2.45, 2.75) is 19.3 Å². The van der Waals surface area contributed by atoms with E-state index in [9.17, 15) is 0 Å². The number of hydrogen-bond acceptors (Lipinski definition) is 1. The molecule has 0 unspecified atom stereocenters. The zero-order valence-corrected chi connectivity index (χ0v) is 15.1. The summed E-state index contributed by atoms with van der Waals surface area (Å²) in [5.41, 5.74) is 14.7. The highest BCUT2D eigenvalue weighted by Gasteiger charge is 2.36. The van der Waals surface area contributed by atoms with Gasteiger partial charge in [0.25, 0.3) is 0 Å². The van der Waals surface area contributed by atoms with Crippen molar-refractivity contribution in [1.82, 2.24) is 0 Å². The molecule has 0 amide bonds. The summed E-state index contributed by atoms with van der Waals surface area (Å²) >= 11 is 0. The van der Waals surface area contributed by atoms with Crippen molar-refractivity contribution >= 4 is 16.5 Å². The van der Waals surface area contributed by atoms with Gasteiger partial charge in [0.1, 0.15) is 0 Å². The molecule has 1 nitrogen and oxygen atoms in total. The summed E-state index contributed by atoms with van der Waals surface area (Å²) in [7, 11) is 0. The molecule has 2 N–H and O–H groups in total. The Labute approximate surface area is 154 Å². The maximum atomic E-state index is 5.85. The molecule has 1 heteroatoms. The molecule has 126 valence electrons. The summed E-state index contributed by atoms with van der Waals surface area (Å²) < 4.78 is 0. The normalized spacial score (nSPS) is 14.2. The Bertz CT molecular complexity index is 1150. The summed E-state index contributed by atoms with van der Waals surface area (Å²) in [6.45, 7) is 4.67. The van der Waals surface area contributed by atoms with E-state index in [1.165, 1.54) is 44.2 Å². The Hall–Kier alpha value is -3.06. The van der Waals surface area contributed by atoms with E-state index in [-0.39, 0.29) is 5.41 Å². The third-order valence-electron chi connectivity index (χ3n) is 5.81. The lowest BCUT2D eigenvalue weighted by Gasteiger charge is -2.22. The number of hydrogen-bond donors (Lipinski definition) is 1. The second-order valence-corrected chi connectivity index (χ2v) is 7.72. The molecule has 0 heterocycles. The first-order valence-electron chi connectivity index (χ1n) is 9.09. The van der Waals surface area contributed by atoms with Gasteiger partial charge in [0.2, 0.25) is 0 Å². The minimum absolute atomic E-state index is 0.00147. The third-order valence-corrected chi connectivity index (χ3v) is 5.81. The molecular weight excluding hydrogens is 314 g/mol. The van der Waals surface area contributed by atoms with E-state index in [0.29, 0.717) is 0 Å². The van der Waals surface area contributed by atoms with Gasteiger partial charge in [-0.15, -0.1) is 0 Å². The summed E-state index contributed by atoms with van der Waals surface area (Å²) in [5.74, 6) is 0. The molecule has 4 aromatic rings. The Morgan fingerprint density at radius 3 is 2.23 bits per heavy atom. The van der Waals surface area contributed by atoms with Gasteiger partial charge in [-0.05, 0) is 62.4 Å². The molecular formula is C25H21N. The summed E-state index contributed by atoms with van der Waals surface area (Å²) in [6.07, 6.45) is 0. The predicted molar refractivity (Wildman–Crippen MR) is 111 cm³/mol. The van der Waals surface area contributed by atoms with Crippen LogP contribution in [0, 0.1) is 0 Å². The average molecular weight is 335 g/mol. The topological polar surface area (TPSA) is 26.0 Å². The monoisotopic (exact) mass is 335 g/mol. The van der Waals surface area contributed by atoms with Crippen LogP contribution in [0.5, 0.6) is 0 Å². The summed E-state index contributed by atoms with van der Waals surface area (Å²) in [6, 6.07) is 28.3. The first-order chi connectivity index (χ1) is 12.6. The quantitative estimate of drug-likeness (QED) is 0.400. The molecule has 0 aliphatic heterocycles. The standard InChI is InChI=1S/C25H21N/c1-25(2)22-14-10-17-5-3-4-6-20(17)24(22)21-13-9-18(15-23(21)25)16-7-11-19(26)12-8-16/h3-15H,26H2,1-2H3. The molecule has 26 heavy (non-hydrogen) atoms. The van der Waals surface area contributed by atoms with E-state index >= 15 is 0 Å². The lowest BCUT2D eigenvalue weighted by molar-refractivity contribution is 0.661. The molecule has 0 bridgehead atoms. The largest absolute Gasteiger partial charge is 0.399 e. The van der Waals surface area contributed by atoms with E-state index in [2.05, 4.69) is 80.6 Å². The third kappa shape index (κ3) is 2.04. The fourth-order valence-electron chi connectivity index (χ4n) is 4.36. The highest BCUT2D eigenvalue weighted by molar-refractivity contribution is 6.02. The Kier molecular flexibility index (Phi) is 3.05. The fourth-order valence-corrected chi connectivity index (χ4v) is 4.36. The molecule has 0 spiro atoms. The van der Waals surface area contributed by atoms with E-state index in [1.807, 2.05) is 12.1 Å². The predicted octanol–water partition coefficient (Wildman–Crippen LogP) is 6.40. The Morgan fingerprint density at radius 2 is 1.42 bits per heavy atom. The van der Waals surface area contributed by atoms with Crippen molar-refractivity contribution in [3.63, 3.8) is 0 Å². The van der Waals surface area contributed by atoms with Gasteiger partial charge in [-0.2, -0.15) is 0 Å². The van der Waals surface area contributed by atoms with E-state index in [4.69, 9.17) is 5.73 Å². The minimum atomic E-state index is -0.00147. The van der Waals surface area contributed by atoms with Gasteiger partial charge in [0.15, 0.2) is 0 Å². The van der Waals surface area contributed by atoms with E-state index in [0.717, 1.165) is 5.69 Å².